The average molecular weight is 696 g/mol. The first kappa shape index (κ1) is 35.1. The lowest BCUT2D eigenvalue weighted by Gasteiger charge is -2.28. The number of amides is 3. The van der Waals surface area contributed by atoms with E-state index in [4.69, 9.17) is 20.2 Å². The van der Waals surface area contributed by atoms with Gasteiger partial charge >= 0.3 is 0 Å². The molecule has 0 radical (unpaired) electrons. The first-order valence-electron chi connectivity index (χ1n) is 17.5. The number of aryl methyl sites for hydroxylation is 1. The zero-order valence-corrected chi connectivity index (χ0v) is 29.9. The number of hydrogen-bond acceptors (Lipinski definition) is 9. The molecule has 2 aliphatic carbocycles. The molecule has 2 aromatic rings. The van der Waals surface area contributed by atoms with Crippen LogP contribution in [0.1, 0.15) is 95.7 Å². The number of nitrogens with zero attached hydrogens (tertiary/aromatic N) is 2. The van der Waals surface area contributed by atoms with Gasteiger partial charge in [-0.3, -0.25) is 24.1 Å². The zero-order chi connectivity index (χ0) is 35.3. The molecule has 2 aliphatic heterocycles. The van der Waals surface area contributed by atoms with Crippen LogP contribution in [0.25, 0.3) is 10.9 Å². The summed E-state index contributed by atoms with van der Waals surface area (Å²) in [5.74, 6) is -0.601. The van der Waals surface area contributed by atoms with Crippen molar-refractivity contribution in [1.82, 2.24) is 19.9 Å². The van der Waals surface area contributed by atoms with Crippen molar-refractivity contribution in [3.63, 3.8) is 0 Å². The molecule has 5 unspecified atom stereocenters. The third-order valence-electron chi connectivity index (χ3n) is 10.8. The summed E-state index contributed by atoms with van der Waals surface area (Å²) >= 11 is 0. The first-order valence-corrected chi connectivity index (χ1v) is 18.9. The number of pyridine rings is 1. The molecule has 0 bridgehead atoms. The van der Waals surface area contributed by atoms with Gasteiger partial charge in [0.1, 0.15) is 29.2 Å². The molecule has 3 amide bonds. The van der Waals surface area contributed by atoms with E-state index in [0.29, 0.717) is 30.8 Å². The van der Waals surface area contributed by atoms with E-state index < -0.39 is 50.3 Å². The Hall–Kier alpha value is -3.71. The van der Waals surface area contributed by atoms with E-state index in [1.807, 2.05) is 51.1 Å². The summed E-state index contributed by atoms with van der Waals surface area (Å²) in [6.45, 7) is 7.77. The van der Waals surface area contributed by atoms with Gasteiger partial charge in [0.15, 0.2) is 0 Å². The monoisotopic (exact) mass is 695 g/mol. The van der Waals surface area contributed by atoms with Crippen molar-refractivity contribution >= 4 is 38.6 Å². The van der Waals surface area contributed by atoms with Gasteiger partial charge < -0.3 is 25.4 Å². The van der Waals surface area contributed by atoms with Gasteiger partial charge in [-0.15, -0.1) is 0 Å². The van der Waals surface area contributed by atoms with Crippen molar-refractivity contribution < 1.29 is 32.3 Å². The van der Waals surface area contributed by atoms with Gasteiger partial charge in [0.05, 0.1) is 30.0 Å². The fourth-order valence-electron chi connectivity index (χ4n) is 7.03. The van der Waals surface area contributed by atoms with Gasteiger partial charge in [-0.05, 0) is 70.4 Å². The van der Waals surface area contributed by atoms with Crippen molar-refractivity contribution in [2.45, 2.75) is 120 Å². The van der Waals surface area contributed by atoms with E-state index in [9.17, 15) is 22.8 Å². The van der Waals surface area contributed by atoms with Crippen LogP contribution in [0.2, 0.25) is 0 Å². The van der Waals surface area contributed by atoms with Crippen LogP contribution >= 0.6 is 0 Å². The van der Waals surface area contributed by atoms with E-state index >= 15 is 0 Å². The highest BCUT2D eigenvalue weighted by atomic mass is 32.2. The summed E-state index contributed by atoms with van der Waals surface area (Å²) in [4.78, 5) is 48.1. The maximum atomic E-state index is 14.2. The van der Waals surface area contributed by atoms with Crippen LogP contribution in [0, 0.1) is 12.8 Å². The number of nitrogens with two attached hydrogens (primary N) is 1. The van der Waals surface area contributed by atoms with Gasteiger partial charge in [0, 0.05) is 35.0 Å². The molecule has 5 atom stereocenters. The number of rotatable bonds is 7. The minimum atomic E-state index is -3.93. The van der Waals surface area contributed by atoms with Crippen LogP contribution in [0.3, 0.4) is 0 Å². The SMILES string of the molecule is COc1ccc2c(OC3CC4C(=O)NC5(C(=O)NS(=O)(=O)C6(C)CC6)CC5C=CCCCCCC(N)C(=O)N4C3)cc(C(C)C)nc2c1C. The number of fused-ring (bicyclic) bond motifs is 3. The van der Waals surface area contributed by atoms with Gasteiger partial charge in [-0.2, -0.15) is 0 Å². The Morgan fingerprint density at radius 3 is 2.61 bits per heavy atom. The van der Waals surface area contributed by atoms with Crippen molar-refractivity contribution in [2.75, 3.05) is 13.7 Å². The number of ether oxygens (including phenoxy) is 2. The van der Waals surface area contributed by atoms with Gasteiger partial charge in [-0.1, -0.05) is 38.8 Å². The number of methoxy groups -OCH3 is 1. The summed E-state index contributed by atoms with van der Waals surface area (Å²) in [6.07, 6.45) is 8.47. The number of benzene rings is 1. The summed E-state index contributed by atoms with van der Waals surface area (Å²) in [7, 11) is -2.32. The third kappa shape index (κ3) is 6.75. The lowest BCUT2D eigenvalue weighted by molar-refractivity contribution is -0.140. The predicted molar refractivity (Wildman–Crippen MR) is 186 cm³/mol. The largest absolute Gasteiger partial charge is 0.496 e. The molecule has 4 N–H and O–H groups in total. The molecular formula is C36H49N5O7S. The van der Waals surface area contributed by atoms with Gasteiger partial charge in [-0.25, -0.2) is 8.42 Å². The number of sulfonamides is 1. The smallest absolute Gasteiger partial charge is 0.259 e. The Morgan fingerprint density at radius 1 is 1.16 bits per heavy atom. The topological polar surface area (TPSA) is 170 Å². The van der Waals surface area contributed by atoms with E-state index in [-0.39, 0.29) is 37.1 Å². The Morgan fingerprint density at radius 2 is 1.92 bits per heavy atom. The molecule has 49 heavy (non-hydrogen) atoms. The molecule has 12 nitrogen and oxygen atoms in total. The molecule has 4 aliphatic rings. The standard InChI is InChI=1S/C36H49N5O7S/c1-21(2)27-18-30(25-13-14-29(47-5)22(3)31(25)38-27)48-24-17-28-32(42)39-36(34(44)40-49(45,46)35(4)15-16-35)19-23(36)11-9-7-6-8-10-12-26(37)33(43)41(28)20-24/h9,11,13-14,18,21,23-24,26,28H,6-8,10,12,15-17,19-20,37H2,1-5H3,(H,39,42)(H,40,44). The van der Waals surface area contributed by atoms with E-state index in [1.165, 1.54) is 4.90 Å². The third-order valence-corrected chi connectivity index (χ3v) is 12.9. The number of carbonyl (C=O) groups is 3. The van der Waals surface area contributed by atoms with E-state index in [1.54, 1.807) is 14.0 Å². The zero-order valence-electron chi connectivity index (χ0n) is 29.1. The lowest BCUT2D eigenvalue weighted by atomic mass is 10.0. The second-order valence-corrected chi connectivity index (χ2v) is 17.0. The number of nitrogens with one attached hydrogen (secondary N) is 2. The van der Waals surface area contributed by atoms with Crippen LogP contribution in [-0.2, 0) is 24.4 Å². The molecule has 266 valence electrons. The fraction of sp³-hybridized carbons (Fsp3) is 0.611. The summed E-state index contributed by atoms with van der Waals surface area (Å²) in [5, 5.41) is 3.70. The molecule has 2 saturated carbocycles. The van der Waals surface area contributed by atoms with E-state index in [0.717, 1.165) is 47.8 Å². The maximum absolute atomic E-state index is 14.2. The van der Waals surface area contributed by atoms with Crippen LogP contribution in [0.5, 0.6) is 11.5 Å². The highest BCUT2D eigenvalue weighted by molar-refractivity contribution is 7.91. The summed E-state index contributed by atoms with van der Waals surface area (Å²) in [5.41, 5.74) is 7.45. The first-order chi connectivity index (χ1) is 23.2. The lowest BCUT2D eigenvalue weighted by Crippen LogP contribution is -2.58. The van der Waals surface area contributed by atoms with Crippen LogP contribution in [-0.4, -0.2) is 78.2 Å². The van der Waals surface area contributed by atoms with Crippen LogP contribution in [0.15, 0.2) is 30.4 Å². The highest BCUT2D eigenvalue weighted by Crippen LogP contribution is 2.47. The number of hydrogen-bond donors (Lipinski definition) is 3. The quantitative estimate of drug-likeness (QED) is 0.365. The summed E-state index contributed by atoms with van der Waals surface area (Å²) < 4.78 is 39.6. The van der Waals surface area contributed by atoms with Gasteiger partial charge in [0.2, 0.25) is 21.8 Å². The van der Waals surface area contributed by atoms with Crippen LogP contribution < -0.4 is 25.2 Å². The normalized spacial score (nSPS) is 28.6. The number of allylic oxidation sites excluding steroid dienone is 1. The van der Waals surface area contributed by atoms with Crippen molar-refractivity contribution in [3.8, 4) is 11.5 Å². The molecule has 1 aromatic heterocycles. The number of aromatic nitrogens is 1. The molecule has 3 fully saturated rings. The fourth-order valence-corrected chi connectivity index (χ4v) is 8.35. The second-order valence-electron chi connectivity index (χ2n) is 14.8. The molecule has 13 heteroatoms. The van der Waals surface area contributed by atoms with Crippen molar-refractivity contribution in [1.29, 1.82) is 0 Å². The molecule has 3 heterocycles. The Kier molecular flexibility index (Phi) is 9.46. The van der Waals surface area contributed by atoms with Crippen LogP contribution in [0.4, 0.5) is 0 Å². The number of carbonyl (C=O) groups excluding carboxylic acids is 3. The average Bonchev–Trinajstić information content (AvgIpc) is 3.94. The van der Waals surface area contributed by atoms with Crippen molar-refractivity contribution in [2.24, 2.45) is 11.7 Å². The molecule has 0 spiro atoms. The predicted octanol–water partition coefficient (Wildman–Crippen LogP) is 3.74. The minimum absolute atomic E-state index is 0.108. The molecule has 6 rings (SSSR count). The molecular weight excluding hydrogens is 646 g/mol. The van der Waals surface area contributed by atoms with Crippen molar-refractivity contribution in [3.05, 3.63) is 41.6 Å². The summed E-state index contributed by atoms with van der Waals surface area (Å²) in [6, 6.07) is 3.90. The highest BCUT2D eigenvalue weighted by Gasteiger charge is 2.63. The second kappa shape index (κ2) is 13.2. The molecule has 1 saturated heterocycles. The Labute approximate surface area is 288 Å². The molecule has 1 aromatic carbocycles. The minimum Gasteiger partial charge on any atom is -0.496 e. The van der Waals surface area contributed by atoms with Gasteiger partial charge in [0.25, 0.3) is 5.91 Å². The Bertz CT molecular complexity index is 1790. The van der Waals surface area contributed by atoms with E-state index in [2.05, 4.69) is 10.0 Å². The Balaban J connectivity index is 1.31. The maximum Gasteiger partial charge on any atom is 0.259 e.